The van der Waals surface area contributed by atoms with Crippen molar-refractivity contribution in [2.24, 2.45) is 0 Å². The molecule has 32 heavy (non-hydrogen) atoms. The molecule has 0 aliphatic carbocycles. The minimum absolute atomic E-state index is 0.0267. The standard InChI is InChI=1S/C22H21ClF3N5O/c23-20-17(12-19(32)30-10-9-29-8-4-7-15(29)13-30)28-31-18(22(24,25)26)11-16(27-21(20)31)14-5-2-1-3-6-14/h1-3,5-6,11,15H,4,7-10,12-13H2. The lowest BCUT2D eigenvalue weighted by atomic mass is 10.1. The van der Waals surface area contributed by atoms with Gasteiger partial charge in [-0.2, -0.15) is 18.3 Å². The molecule has 2 aromatic heterocycles. The van der Waals surface area contributed by atoms with Gasteiger partial charge in [0, 0.05) is 31.2 Å². The first-order valence-corrected chi connectivity index (χ1v) is 10.9. The van der Waals surface area contributed by atoms with Crippen molar-refractivity contribution in [1.29, 1.82) is 0 Å². The molecule has 0 saturated carbocycles. The van der Waals surface area contributed by atoms with E-state index in [9.17, 15) is 18.0 Å². The third-order valence-corrected chi connectivity index (χ3v) is 6.60. The summed E-state index contributed by atoms with van der Waals surface area (Å²) in [6.45, 7) is 3.11. The number of alkyl halides is 3. The van der Waals surface area contributed by atoms with E-state index in [0.29, 0.717) is 29.2 Å². The average molecular weight is 464 g/mol. The topological polar surface area (TPSA) is 53.7 Å². The molecule has 0 spiro atoms. The molecule has 2 aliphatic rings. The second-order valence-corrected chi connectivity index (χ2v) is 8.61. The fourth-order valence-electron chi connectivity index (χ4n) is 4.58. The normalized spacial score (nSPS) is 19.5. The van der Waals surface area contributed by atoms with Crippen LogP contribution in [-0.2, 0) is 17.4 Å². The van der Waals surface area contributed by atoms with Crippen molar-refractivity contribution in [2.75, 3.05) is 26.2 Å². The highest BCUT2D eigenvalue weighted by molar-refractivity contribution is 6.34. The van der Waals surface area contributed by atoms with Crippen LogP contribution in [0.4, 0.5) is 13.2 Å². The van der Waals surface area contributed by atoms with Crippen LogP contribution in [0.25, 0.3) is 16.9 Å². The summed E-state index contributed by atoms with van der Waals surface area (Å²) in [5.74, 6) is -0.182. The van der Waals surface area contributed by atoms with Gasteiger partial charge >= 0.3 is 6.18 Å². The lowest BCUT2D eigenvalue weighted by Crippen LogP contribution is -2.52. The van der Waals surface area contributed by atoms with Crippen molar-refractivity contribution in [3.8, 4) is 11.3 Å². The highest BCUT2D eigenvalue weighted by Gasteiger charge is 2.37. The number of carbonyl (C=O) groups is 1. The van der Waals surface area contributed by atoms with Gasteiger partial charge in [-0.05, 0) is 25.5 Å². The molecular weight excluding hydrogens is 443 g/mol. The van der Waals surface area contributed by atoms with E-state index in [2.05, 4.69) is 15.0 Å². The fourth-order valence-corrected chi connectivity index (χ4v) is 4.81. The molecule has 1 unspecified atom stereocenters. The number of nitrogens with zero attached hydrogens (tertiary/aromatic N) is 5. The predicted molar refractivity (Wildman–Crippen MR) is 113 cm³/mol. The van der Waals surface area contributed by atoms with Crippen LogP contribution in [-0.4, -0.2) is 62.5 Å². The second-order valence-electron chi connectivity index (χ2n) is 8.24. The Kier molecular flexibility index (Phi) is 5.33. The van der Waals surface area contributed by atoms with E-state index in [1.165, 1.54) is 0 Å². The monoisotopic (exact) mass is 463 g/mol. The van der Waals surface area contributed by atoms with Crippen molar-refractivity contribution in [3.05, 3.63) is 52.8 Å². The van der Waals surface area contributed by atoms with Gasteiger partial charge in [-0.15, -0.1) is 0 Å². The highest BCUT2D eigenvalue weighted by atomic mass is 35.5. The molecule has 2 fully saturated rings. The Balaban J connectivity index is 1.49. The summed E-state index contributed by atoms with van der Waals surface area (Å²) >= 11 is 6.42. The van der Waals surface area contributed by atoms with E-state index in [1.54, 1.807) is 35.2 Å². The Bertz CT molecular complexity index is 1160. The molecule has 1 aromatic carbocycles. The Morgan fingerprint density at radius 2 is 1.94 bits per heavy atom. The number of benzene rings is 1. The number of piperazine rings is 1. The molecule has 2 saturated heterocycles. The Hall–Kier alpha value is -2.65. The zero-order valence-corrected chi connectivity index (χ0v) is 17.9. The number of aromatic nitrogens is 3. The number of carbonyl (C=O) groups excluding carboxylic acids is 1. The minimum Gasteiger partial charge on any atom is -0.340 e. The van der Waals surface area contributed by atoms with Crippen molar-refractivity contribution < 1.29 is 18.0 Å². The van der Waals surface area contributed by atoms with E-state index in [-0.39, 0.29) is 34.4 Å². The number of amides is 1. The molecule has 5 rings (SSSR count). The molecule has 0 radical (unpaired) electrons. The lowest BCUT2D eigenvalue weighted by Gasteiger charge is -2.37. The van der Waals surface area contributed by atoms with Gasteiger partial charge < -0.3 is 4.90 Å². The summed E-state index contributed by atoms with van der Waals surface area (Å²) in [4.78, 5) is 21.4. The first kappa shape index (κ1) is 21.2. The van der Waals surface area contributed by atoms with Crippen LogP contribution in [0.5, 0.6) is 0 Å². The first-order chi connectivity index (χ1) is 15.3. The van der Waals surface area contributed by atoms with Crippen molar-refractivity contribution in [2.45, 2.75) is 31.5 Å². The summed E-state index contributed by atoms with van der Waals surface area (Å²) in [6, 6.07) is 9.88. The molecule has 4 heterocycles. The van der Waals surface area contributed by atoms with Gasteiger partial charge in [-0.3, -0.25) is 9.69 Å². The Morgan fingerprint density at radius 1 is 1.16 bits per heavy atom. The molecule has 10 heteroatoms. The lowest BCUT2D eigenvalue weighted by molar-refractivity contribution is -0.142. The predicted octanol–water partition coefficient (Wildman–Crippen LogP) is 3.92. The summed E-state index contributed by atoms with van der Waals surface area (Å²) in [5, 5.41) is 4.03. The fraction of sp³-hybridized carbons (Fsp3) is 0.409. The minimum atomic E-state index is -4.67. The molecule has 6 nitrogen and oxygen atoms in total. The summed E-state index contributed by atoms with van der Waals surface area (Å²) < 4.78 is 42.2. The quantitative estimate of drug-likeness (QED) is 0.591. The summed E-state index contributed by atoms with van der Waals surface area (Å²) in [7, 11) is 0. The zero-order valence-electron chi connectivity index (χ0n) is 17.1. The van der Waals surface area contributed by atoms with Gasteiger partial charge in [0.2, 0.25) is 5.91 Å². The van der Waals surface area contributed by atoms with E-state index < -0.39 is 11.9 Å². The van der Waals surface area contributed by atoms with Crippen LogP contribution in [0.3, 0.4) is 0 Å². The van der Waals surface area contributed by atoms with E-state index in [4.69, 9.17) is 11.6 Å². The van der Waals surface area contributed by atoms with Crippen molar-refractivity contribution >= 4 is 23.2 Å². The molecule has 1 amide bonds. The average Bonchev–Trinajstić information content (AvgIpc) is 3.37. The van der Waals surface area contributed by atoms with Crippen LogP contribution in [0.1, 0.15) is 24.2 Å². The highest BCUT2D eigenvalue weighted by Crippen LogP contribution is 2.34. The smallest absolute Gasteiger partial charge is 0.340 e. The van der Waals surface area contributed by atoms with Crippen LogP contribution in [0.15, 0.2) is 36.4 Å². The van der Waals surface area contributed by atoms with Gasteiger partial charge in [-0.1, -0.05) is 41.9 Å². The Labute approximate surface area is 187 Å². The zero-order chi connectivity index (χ0) is 22.5. The Morgan fingerprint density at radius 3 is 2.69 bits per heavy atom. The van der Waals surface area contributed by atoms with Crippen LogP contribution in [0.2, 0.25) is 5.02 Å². The van der Waals surface area contributed by atoms with Crippen molar-refractivity contribution in [1.82, 2.24) is 24.4 Å². The third-order valence-electron chi connectivity index (χ3n) is 6.22. The largest absolute Gasteiger partial charge is 0.433 e. The number of halogens is 4. The second kappa shape index (κ2) is 8.04. The van der Waals surface area contributed by atoms with E-state index in [0.717, 1.165) is 32.0 Å². The summed E-state index contributed by atoms with van der Waals surface area (Å²) in [6.07, 6.45) is -2.65. The number of rotatable bonds is 3. The molecule has 0 N–H and O–H groups in total. The van der Waals surface area contributed by atoms with Crippen LogP contribution < -0.4 is 0 Å². The van der Waals surface area contributed by atoms with Gasteiger partial charge in [0.15, 0.2) is 11.3 Å². The molecule has 168 valence electrons. The van der Waals surface area contributed by atoms with Gasteiger partial charge in [-0.25, -0.2) is 9.50 Å². The van der Waals surface area contributed by atoms with Gasteiger partial charge in [0.25, 0.3) is 0 Å². The van der Waals surface area contributed by atoms with Gasteiger partial charge in [0.05, 0.1) is 17.8 Å². The maximum absolute atomic E-state index is 13.8. The van der Waals surface area contributed by atoms with E-state index >= 15 is 0 Å². The van der Waals surface area contributed by atoms with Crippen LogP contribution >= 0.6 is 11.6 Å². The molecular formula is C22H21ClF3N5O. The maximum atomic E-state index is 13.8. The molecule has 3 aromatic rings. The third kappa shape index (κ3) is 3.84. The number of hydrogen-bond acceptors (Lipinski definition) is 4. The number of fused-ring (bicyclic) bond motifs is 2. The molecule has 1 atom stereocenters. The van der Waals surface area contributed by atoms with Crippen LogP contribution in [0, 0.1) is 0 Å². The SMILES string of the molecule is O=C(Cc1nn2c(C(F)(F)F)cc(-c3ccccc3)nc2c1Cl)N1CCN2CCCC2C1. The van der Waals surface area contributed by atoms with Gasteiger partial charge in [0.1, 0.15) is 5.02 Å². The van der Waals surface area contributed by atoms with E-state index in [1.807, 2.05) is 0 Å². The maximum Gasteiger partial charge on any atom is 0.433 e. The molecule has 0 bridgehead atoms. The van der Waals surface area contributed by atoms with Crippen molar-refractivity contribution in [3.63, 3.8) is 0 Å². The molecule has 2 aliphatic heterocycles. The summed E-state index contributed by atoms with van der Waals surface area (Å²) in [5.41, 5.74) is -0.314. The number of hydrogen-bond donors (Lipinski definition) is 0. The first-order valence-electron chi connectivity index (χ1n) is 10.5.